The lowest BCUT2D eigenvalue weighted by atomic mass is 10.1. The van der Waals surface area contributed by atoms with Crippen LogP contribution >= 0.6 is 11.8 Å². The quantitative estimate of drug-likeness (QED) is 0.721. The van der Waals surface area contributed by atoms with E-state index < -0.39 is 0 Å². The first-order valence-corrected chi connectivity index (χ1v) is 8.31. The van der Waals surface area contributed by atoms with Crippen LogP contribution in [0.2, 0.25) is 0 Å². The van der Waals surface area contributed by atoms with Crippen LogP contribution < -0.4 is 5.32 Å². The SMILES string of the molecule is CCSCC(C)N1CCC(CNCC(C)C)C1. The smallest absolute Gasteiger partial charge is 0.0158 e. The molecule has 0 saturated carbocycles. The summed E-state index contributed by atoms with van der Waals surface area (Å²) in [6.07, 6.45) is 1.38. The van der Waals surface area contributed by atoms with Crippen molar-refractivity contribution in [2.45, 2.75) is 40.2 Å². The Balaban J connectivity index is 2.13. The topological polar surface area (TPSA) is 15.3 Å². The predicted molar refractivity (Wildman–Crippen MR) is 79.8 cm³/mol. The summed E-state index contributed by atoms with van der Waals surface area (Å²) in [5.74, 6) is 4.19. The summed E-state index contributed by atoms with van der Waals surface area (Å²) < 4.78 is 0. The van der Waals surface area contributed by atoms with E-state index in [0.29, 0.717) is 0 Å². The van der Waals surface area contributed by atoms with Gasteiger partial charge >= 0.3 is 0 Å². The lowest BCUT2D eigenvalue weighted by Crippen LogP contribution is -2.34. The van der Waals surface area contributed by atoms with Gasteiger partial charge in [-0.3, -0.25) is 4.90 Å². The normalized spacial score (nSPS) is 23.5. The third kappa shape index (κ3) is 6.12. The minimum atomic E-state index is 0.759. The Morgan fingerprint density at radius 3 is 2.76 bits per heavy atom. The van der Waals surface area contributed by atoms with Gasteiger partial charge in [0.1, 0.15) is 0 Å². The number of likely N-dealkylation sites (tertiary alicyclic amines) is 1. The van der Waals surface area contributed by atoms with E-state index in [0.717, 1.165) is 24.4 Å². The molecular formula is C14H30N2S. The zero-order chi connectivity index (χ0) is 12.7. The molecule has 0 amide bonds. The fourth-order valence-corrected chi connectivity index (χ4v) is 3.19. The lowest BCUT2D eigenvalue weighted by molar-refractivity contribution is 0.267. The van der Waals surface area contributed by atoms with Gasteiger partial charge in [-0.05, 0) is 50.6 Å². The second-order valence-electron chi connectivity index (χ2n) is 5.71. The van der Waals surface area contributed by atoms with Crippen LogP contribution in [0.3, 0.4) is 0 Å². The van der Waals surface area contributed by atoms with Gasteiger partial charge in [-0.1, -0.05) is 20.8 Å². The highest BCUT2D eigenvalue weighted by Crippen LogP contribution is 2.19. The van der Waals surface area contributed by atoms with E-state index >= 15 is 0 Å². The minimum absolute atomic E-state index is 0.759. The molecule has 1 heterocycles. The number of nitrogens with zero attached hydrogens (tertiary/aromatic N) is 1. The third-order valence-electron chi connectivity index (χ3n) is 3.49. The maximum absolute atomic E-state index is 3.60. The zero-order valence-electron chi connectivity index (χ0n) is 12.0. The maximum atomic E-state index is 3.60. The third-order valence-corrected chi connectivity index (χ3v) is 4.62. The van der Waals surface area contributed by atoms with Gasteiger partial charge in [0.05, 0.1) is 0 Å². The summed E-state index contributed by atoms with van der Waals surface area (Å²) in [6.45, 7) is 14.2. The Labute approximate surface area is 112 Å². The van der Waals surface area contributed by atoms with Crippen LogP contribution in [0.4, 0.5) is 0 Å². The highest BCUT2D eigenvalue weighted by atomic mass is 32.2. The van der Waals surface area contributed by atoms with Gasteiger partial charge in [0.2, 0.25) is 0 Å². The fourth-order valence-electron chi connectivity index (χ4n) is 2.40. The molecule has 2 atom stereocenters. The summed E-state index contributed by atoms with van der Waals surface area (Å²) in [7, 11) is 0. The summed E-state index contributed by atoms with van der Waals surface area (Å²) >= 11 is 2.07. The summed E-state index contributed by atoms with van der Waals surface area (Å²) in [5.41, 5.74) is 0. The van der Waals surface area contributed by atoms with Gasteiger partial charge < -0.3 is 5.32 Å². The molecule has 0 aromatic rings. The van der Waals surface area contributed by atoms with E-state index in [2.05, 4.69) is 49.7 Å². The molecule has 3 heteroatoms. The second kappa shape index (κ2) is 8.39. The van der Waals surface area contributed by atoms with Crippen molar-refractivity contribution in [1.29, 1.82) is 0 Å². The molecule has 0 radical (unpaired) electrons. The average Bonchev–Trinajstić information content (AvgIpc) is 2.74. The van der Waals surface area contributed by atoms with E-state index in [-0.39, 0.29) is 0 Å². The lowest BCUT2D eigenvalue weighted by Gasteiger charge is -2.24. The van der Waals surface area contributed by atoms with E-state index in [4.69, 9.17) is 0 Å². The largest absolute Gasteiger partial charge is 0.316 e. The second-order valence-corrected chi connectivity index (χ2v) is 7.03. The van der Waals surface area contributed by atoms with Crippen molar-refractivity contribution >= 4 is 11.8 Å². The molecule has 1 aliphatic heterocycles. The Bertz CT molecular complexity index is 197. The van der Waals surface area contributed by atoms with Crippen molar-refractivity contribution in [3.05, 3.63) is 0 Å². The number of hydrogen-bond acceptors (Lipinski definition) is 3. The van der Waals surface area contributed by atoms with Crippen LogP contribution in [0.5, 0.6) is 0 Å². The zero-order valence-corrected chi connectivity index (χ0v) is 12.9. The summed E-state index contributed by atoms with van der Waals surface area (Å²) in [6, 6.07) is 0.759. The van der Waals surface area contributed by atoms with Crippen molar-refractivity contribution in [2.75, 3.05) is 37.7 Å². The van der Waals surface area contributed by atoms with Crippen LogP contribution in [0.1, 0.15) is 34.1 Å². The van der Waals surface area contributed by atoms with Crippen LogP contribution in [0, 0.1) is 11.8 Å². The Morgan fingerprint density at radius 1 is 1.35 bits per heavy atom. The molecule has 0 spiro atoms. The van der Waals surface area contributed by atoms with Crippen LogP contribution in [-0.2, 0) is 0 Å². The first-order chi connectivity index (χ1) is 8.13. The highest BCUT2D eigenvalue weighted by Gasteiger charge is 2.25. The molecule has 1 rings (SSSR count). The predicted octanol–water partition coefficient (Wildman–Crippen LogP) is 2.70. The Kier molecular flexibility index (Phi) is 7.56. The molecule has 0 aromatic carbocycles. The standard InChI is InChI=1S/C14H30N2S/c1-5-17-11-13(4)16-7-6-14(10-16)9-15-8-12(2)3/h12-15H,5-11H2,1-4H3. The molecule has 1 saturated heterocycles. The summed E-state index contributed by atoms with van der Waals surface area (Å²) in [5, 5.41) is 3.60. The van der Waals surface area contributed by atoms with Crippen LogP contribution in [0.15, 0.2) is 0 Å². The van der Waals surface area contributed by atoms with Crippen molar-refractivity contribution in [2.24, 2.45) is 11.8 Å². The van der Waals surface area contributed by atoms with Crippen LogP contribution in [0.25, 0.3) is 0 Å². The molecule has 1 fully saturated rings. The highest BCUT2D eigenvalue weighted by molar-refractivity contribution is 7.99. The number of nitrogens with one attached hydrogen (secondary N) is 1. The van der Waals surface area contributed by atoms with E-state index in [1.54, 1.807) is 0 Å². The monoisotopic (exact) mass is 258 g/mol. The molecule has 2 nitrogen and oxygen atoms in total. The Morgan fingerprint density at radius 2 is 2.12 bits per heavy atom. The Hall–Kier alpha value is 0.270. The van der Waals surface area contributed by atoms with Crippen molar-refractivity contribution in [3.63, 3.8) is 0 Å². The molecule has 0 aliphatic carbocycles. The number of rotatable bonds is 8. The van der Waals surface area contributed by atoms with Gasteiger partial charge in [0, 0.05) is 18.3 Å². The number of hydrogen-bond donors (Lipinski definition) is 1. The van der Waals surface area contributed by atoms with Crippen molar-refractivity contribution in [1.82, 2.24) is 10.2 Å². The fraction of sp³-hybridized carbons (Fsp3) is 1.00. The first-order valence-electron chi connectivity index (χ1n) is 7.16. The van der Waals surface area contributed by atoms with Gasteiger partial charge in [0.15, 0.2) is 0 Å². The van der Waals surface area contributed by atoms with Gasteiger partial charge in [0.25, 0.3) is 0 Å². The first kappa shape index (κ1) is 15.3. The average molecular weight is 258 g/mol. The van der Waals surface area contributed by atoms with Crippen LogP contribution in [-0.4, -0.2) is 48.6 Å². The maximum Gasteiger partial charge on any atom is 0.0158 e. The molecule has 1 N–H and O–H groups in total. The molecule has 2 unspecified atom stereocenters. The molecule has 0 bridgehead atoms. The van der Waals surface area contributed by atoms with E-state index in [9.17, 15) is 0 Å². The summed E-state index contributed by atoms with van der Waals surface area (Å²) in [4.78, 5) is 2.67. The molecule has 17 heavy (non-hydrogen) atoms. The van der Waals surface area contributed by atoms with Crippen molar-refractivity contribution in [3.8, 4) is 0 Å². The van der Waals surface area contributed by atoms with Gasteiger partial charge in [-0.15, -0.1) is 0 Å². The molecular weight excluding hydrogens is 228 g/mol. The van der Waals surface area contributed by atoms with Gasteiger partial charge in [-0.2, -0.15) is 11.8 Å². The molecule has 1 aliphatic rings. The molecule has 102 valence electrons. The van der Waals surface area contributed by atoms with Gasteiger partial charge in [-0.25, -0.2) is 0 Å². The van der Waals surface area contributed by atoms with E-state index in [1.165, 1.54) is 37.6 Å². The molecule has 0 aromatic heterocycles. The minimum Gasteiger partial charge on any atom is -0.316 e. The van der Waals surface area contributed by atoms with Crippen molar-refractivity contribution < 1.29 is 0 Å². The van der Waals surface area contributed by atoms with E-state index in [1.807, 2.05) is 0 Å². The number of thioether (sulfide) groups is 1.